The zero-order valence-electron chi connectivity index (χ0n) is 25.5. The molecule has 9 heteroatoms. The van der Waals surface area contributed by atoms with E-state index < -0.39 is 11.8 Å². The van der Waals surface area contributed by atoms with E-state index in [1.54, 1.807) is 12.1 Å². The summed E-state index contributed by atoms with van der Waals surface area (Å²) < 4.78 is 28.0. The Morgan fingerprint density at radius 3 is 2.38 bits per heavy atom. The molecule has 2 heterocycles. The van der Waals surface area contributed by atoms with Crippen LogP contribution in [0, 0.1) is 12.7 Å². The van der Waals surface area contributed by atoms with Gasteiger partial charge in [0.25, 0.3) is 0 Å². The van der Waals surface area contributed by atoms with Crippen LogP contribution in [0.1, 0.15) is 63.8 Å². The summed E-state index contributed by atoms with van der Waals surface area (Å²) >= 11 is 0. The molecule has 0 atom stereocenters. The van der Waals surface area contributed by atoms with Crippen molar-refractivity contribution in [1.29, 1.82) is 0 Å². The quantitative estimate of drug-likeness (QED) is 0.219. The fourth-order valence-corrected chi connectivity index (χ4v) is 3.97. The molecule has 7 nitrogen and oxygen atoms in total. The smallest absolute Gasteiger partial charge is 1.00 e. The minimum atomic E-state index is -0.955. The number of aliphatic carboxylic acids is 1. The van der Waals surface area contributed by atoms with Crippen LogP contribution in [0.4, 0.5) is 4.39 Å². The molecule has 208 valence electrons. The summed E-state index contributed by atoms with van der Waals surface area (Å²) in [4.78, 5) is 15.2. The number of aromatic nitrogens is 3. The van der Waals surface area contributed by atoms with Gasteiger partial charge in [-0.1, -0.05) is 57.2 Å². The molecule has 4 aromatic rings. The monoisotopic (exact) mass is 573 g/mol. The van der Waals surface area contributed by atoms with E-state index in [1.165, 1.54) is 6.07 Å². The summed E-state index contributed by atoms with van der Waals surface area (Å²) in [7, 11) is 0. The van der Waals surface area contributed by atoms with Crippen molar-refractivity contribution in [3.8, 4) is 11.6 Å². The Bertz CT molecular complexity index is 1440. The van der Waals surface area contributed by atoms with Crippen molar-refractivity contribution in [2.24, 2.45) is 0 Å². The molecular weight excluding hydrogens is 537 g/mol. The molecule has 2 aromatic heterocycles. The molecule has 2 aromatic carbocycles. The minimum Gasteiger partial charge on any atom is -1.00 e. The molecule has 0 spiro atoms. The summed E-state index contributed by atoms with van der Waals surface area (Å²) in [6, 6.07) is 20.4. The van der Waals surface area contributed by atoms with Crippen molar-refractivity contribution < 1.29 is 26.6 Å². The molecule has 0 aliphatic heterocycles. The minimum absolute atomic E-state index is 0. The van der Waals surface area contributed by atoms with Crippen LogP contribution in [-0.2, 0) is 36.4 Å². The van der Waals surface area contributed by atoms with E-state index in [4.69, 9.17) is 19.7 Å². The van der Waals surface area contributed by atoms with Gasteiger partial charge in [-0.25, -0.2) is 9.07 Å². The molecule has 0 radical (unpaired) electrons. The van der Waals surface area contributed by atoms with Crippen LogP contribution in [0.5, 0.6) is 11.6 Å². The van der Waals surface area contributed by atoms with Gasteiger partial charge in [0.05, 0.1) is 17.9 Å². The van der Waals surface area contributed by atoms with Crippen molar-refractivity contribution in [3.05, 3.63) is 106 Å². The van der Waals surface area contributed by atoms with Crippen molar-refractivity contribution in [2.45, 2.75) is 65.7 Å². The first-order chi connectivity index (χ1) is 18.6. The summed E-state index contributed by atoms with van der Waals surface area (Å²) in [5.41, 5.74) is 4.98. The van der Waals surface area contributed by atoms with E-state index >= 15 is 0 Å². The van der Waals surface area contributed by atoms with Crippen LogP contribution >= 0.6 is 0 Å². The van der Waals surface area contributed by atoms with Gasteiger partial charge in [-0.3, -0.25) is 9.78 Å². The van der Waals surface area contributed by atoms with Crippen LogP contribution < -0.4 is 9.47 Å². The molecular formula is C31H36CaFN3O4. The maximum absolute atomic E-state index is 14.3. The van der Waals surface area contributed by atoms with Gasteiger partial charge in [-0.2, -0.15) is 5.10 Å². The Labute approximate surface area is 267 Å². The van der Waals surface area contributed by atoms with Crippen molar-refractivity contribution in [2.75, 3.05) is 0 Å². The molecule has 0 saturated carbocycles. The second-order valence-electron chi connectivity index (χ2n) is 10.6. The van der Waals surface area contributed by atoms with Crippen molar-refractivity contribution in [1.82, 2.24) is 14.8 Å². The molecule has 0 bridgehead atoms. The van der Waals surface area contributed by atoms with Crippen LogP contribution in [0.2, 0.25) is 0 Å². The molecule has 0 aliphatic rings. The van der Waals surface area contributed by atoms with E-state index in [1.807, 2.05) is 60.1 Å². The molecule has 0 saturated heterocycles. The third-order valence-electron chi connectivity index (χ3n) is 6.22. The Hall–Kier alpha value is -2.94. The van der Waals surface area contributed by atoms with E-state index in [9.17, 15) is 9.18 Å². The fraction of sp³-hybridized carbons (Fsp3) is 0.323. The van der Waals surface area contributed by atoms with Crippen molar-refractivity contribution >= 4 is 43.7 Å². The molecule has 1 N–H and O–H groups in total. The first-order valence-electron chi connectivity index (χ1n) is 12.9. The molecule has 0 aliphatic carbocycles. The topological polar surface area (TPSA) is 86.5 Å². The predicted octanol–water partition coefficient (Wildman–Crippen LogP) is 6.09. The summed E-state index contributed by atoms with van der Waals surface area (Å²) in [6.07, 6.45) is 0.0308. The van der Waals surface area contributed by atoms with Gasteiger partial charge in [-0.15, -0.1) is 0 Å². The Morgan fingerprint density at radius 2 is 1.73 bits per heavy atom. The summed E-state index contributed by atoms with van der Waals surface area (Å²) in [6.45, 7) is 9.49. The number of carbonyl (C=O) groups is 1. The number of nitrogens with zero attached hydrogens (tertiary/aromatic N) is 3. The third-order valence-corrected chi connectivity index (χ3v) is 6.22. The number of hydrogen-bond acceptors (Lipinski definition) is 5. The van der Waals surface area contributed by atoms with Crippen LogP contribution in [0.15, 0.2) is 66.7 Å². The normalized spacial score (nSPS) is 11.1. The van der Waals surface area contributed by atoms with Gasteiger partial charge in [0, 0.05) is 29.7 Å². The van der Waals surface area contributed by atoms with Gasteiger partial charge in [0.2, 0.25) is 5.88 Å². The molecule has 4 rings (SSSR count). The largest absolute Gasteiger partial charge is 2.00 e. The number of carboxylic acids is 1. The van der Waals surface area contributed by atoms with E-state index in [0.29, 0.717) is 30.3 Å². The number of pyridine rings is 1. The second kappa shape index (κ2) is 14.1. The number of hydrogen-bond donors (Lipinski definition) is 1. The van der Waals surface area contributed by atoms with E-state index in [-0.39, 0.29) is 65.5 Å². The molecule has 0 fully saturated rings. The predicted molar refractivity (Wildman–Crippen MR) is 154 cm³/mol. The van der Waals surface area contributed by atoms with Crippen LogP contribution in [0.25, 0.3) is 0 Å². The number of halogens is 1. The number of benzene rings is 2. The fourth-order valence-electron chi connectivity index (χ4n) is 3.97. The Balaban J connectivity index is 0.00000294. The summed E-state index contributed by atoms with van der Waals surface area (Å²) in [5, 5.41) is 13.6. The second-order valence-corrected chi connectivity index (χ2v) is 10.6. The van der Waals surface area contributed by atoms with Gasteiger partial charge in [-0.05, 0) is 48.2 Å². The Kier molecular flexibility index (Phi) is 11.1. The molecule has 40 heavy (non-hydrogen) atoms. The van der Waals surface area contributed by atoms with Gasteiger partial charge >= 0.3 is 43.7 Å². The maximum atomic E-state index is 14.3. The summed E-state index contributed by atoms with van der Waals surface area (Å²) in [5.74, 6) is -0.339. The number of ether oxygens (including phenoxy) is 2. The molecule has 0 unspecified atom stereocenters. The zero-order valence-corrected chi connectivity index (χ0v) is 25.7. The number of aryl methyl sites for hydroxylation is 2. The van der Waals surface area contributed by atoms with E-state index in [0.717, 1.165) is 28.2 Å². The molecule has 0 amide bonds. The number of carboxylic acid groups (broad SMARTS) is 1. The van der Waals surface area contributed by atoms with E-state index in [2.05, 4.69) is 25.8 Å². The Morgan fingerprint density at radius 1 is 1.00 bits per heavy atom. The standard InChI is InChI=1S/C31H34FN3O4.Ca.2H/c1-21-6-5-7-25(33-21)20-39-29-17-28(31(2,3)4)34-35(29)18-22-8-10-23(11-9-22)19-38-26-14-12-24(27(32)16-26)13-15-30(36)37;;;/h5-12,14,16-17H,13,15,18-20H2,1-4H3,(H,36,37);;;/q;+2;2*-1. The average molecular weight is 574 g/mol. The first kappa shape index (κ1) is 31.6. The van der Waals surface area contributed by atoms with Crippen LogP contribution in [0.3, 0.4) is 0 Å². The average Bonchev–Trinajstić information content (AvgIpc) is 3.29. The van der Waals surface area contributed by atoms with Crippen molar-refractivity contribution in [3.63, 3.8) is 0 Å². The van der Waals surface area contributed by atoms with Gasteiger partial charge in [0.1, 0.15) is 24.8 Å². The van der Waals surface area contributed by atoms with Gasteiger partial charge < -0.3 is 17.4 Å². The zero-order chi connectivity index (χ0) is 28.0. The maximum Gasteiger partial charge on any atom is 2.00 e. The van der Waals surface area contributed by atoms with Gasteiger partial charge in [0.15, 0.2) is 0 Å². The third kappa shape index (κ3) is 9.04. The SMILES string of the molecule is Cc1cccc(COc2cc(C(C)(C)C)nn2Cc2ccc(COc3ccc(CCC(=O)O)c(F)c3)cc2)n1.[Ca+2].[H-].[H-]. The van der Waals surface area contributed by atoms with Crippen LogP contribution in [-0.4, -0.2) is 63.6 Å². The first-order valence-corrected chi connectivity index (χ1v) is 12.9. The number of rotatable bonds is 11.